The van der Waals surface area contributed by atoms with Crippen LogP contribution in [-0.2, 0) is 6.42 Å². The van der Waals surface area contributed by atoms with Crippen molar-refractivity contribution in [3.05, 3.63) is 24.2 Å². The molecule has 1 rings (SSSR count). The first kappa shape index (κ1) is 13.3. The van der Waals surface area contributed by atoms with E-state index >= 15 is 0 Å². The lowest BCUT2D eigenvalue weighted by Crippen LogP contribution is -2.36. The summed E-state index contributed by atoms with van der Waals surface area (Å²) < 4.78 is 5.34. The normalized spacial score (nSPS) is 16.1. The molecule has 92 valence electrons. The number of nitrogens with one attached hydrogen (secondary N) is 1. The summed E-state index contributed by atoms with van der Waals surface area (Å²) >= 11 is 0. The van der Waals surface area contributed by atoms with Gasteiger partial charge in [0.05, 0.1) is 6.26 Å². The van der Waals surface area contributed by atoms with E-state index in [1.165, 1.54) is 0 Å². The average molecular weight is 223 g/mol. The molecule has 0 bridgehead atoms. The fraction of sp³-hybridized carbons (Fsp3) is 0.714. The van der Waals surface area contributed by atoms with Crippen molar-refractivity contribution in [1.82, 2.24) is 5.32 Å². The second-order valence-electron chi connectivity index (χ2n) is 5.86. The first-order valence-corrected chi connectivity index (χ1v) is 6.15. The summed E-state index contributed by atoms with van der Waals surface area (Å²) in [5, 5.41) is 3.57. The van der Waals surface area contributed by atoms with Crippen LogP contribution in [-0.4, -0.2) is 12.6 Å². The number of furan rings is 1. The van der Waals surface area contributed by atoms with Crippen molar-refractivity contribution in [2.75, 3.05) is 6.54 Å². The Kier molecular flexibility index (Phi) is 4.60. The van der Waals surface area contributed by atoms with Crippen molar-refractivity contribution in [1.29, 1.82) is 0 Å². The number of hydrogen-bond acceptors (Lipinski definition) is 2. The van der Waals surface area contributed by atoms with E-state index in [4.69, 9.17) is 4.42 Å². The van der Waals surface area contributed by atoms with Crippen LogP contribution in [0.5, 0.6) is 0 Å². The van der Waals surface area contributed by atoms with Gasteiger partial charge in [-0.1, -0.05) is 27.7 Å². The van der Waals surface area contributed by atoms with Crippen LogP contribution >= 0.6 is 0 Å². The Balaban J connectivity index is 2.28. The van der Waals surface area contributed by atoms with E-state index in [1.807, 2.05) is 12.1 Å². The van der Waals surface area contributed by atoms with E-state index in [2.05, 4.69) is 39.9 Å². The van der Waals surface area contributed by atoms with Crippen molar-refractivity contribution in [3.8, 4) is 0 Å². The zero-order valence-corrected chi connectivity index (χ0v) is 11.2. The zero-order chi connectivity index (χ0) is 12.2. The van der Waals surface area contributed by atoms with Gasteiger partial charge in [-0.05, 0) is 36.9 Å². The topological polar surface area (TPSA) is 25.2 Å². The van der Waals surface area contributed by atoms with Gasteiger partial charge in [0.25, 0.3) is 0 Å². The molecule has 2 unspecified atom stereocenters. The minimum atomic E-state index is 0.372. The smallest absolute Gasteiger partial charge is 0.105 e. The first-order chi connectivity index (χ1) is 7.39. The Labute approximate surface area is 99.4 Å². The second kappa shape index (κ2) is 5.53. The van der Waals surface area contributed by atoms with Crippen molar-refractivity contribution >= 4 is 0 Å². The van der Waals surface area contributed by atoms with E-state index in [0.717, 1.165) is 18.7 Å². The van der Waals surface area contributed by atoms with Gasteiger partial charge in [0.2, 0.25) is 0 Å². The van der Waals surface area contributed by atoms with Crippen molar-refractivity contribution < 1.29 is 4.42 Å². The van der Waals surface area contributed by atoms with E-state index in [1.54, 1.807) is 6.26 Å². The molecule has 0 saturated carbocycles. The molecule has 1 aromatic rings. The summed E-state index contributed by atoms with van der Waals surface area (Å²) in [5.41, 5.74) is 0.372. The highest BCUT2D eigenvalue weighted by molar-refractivity contribution is 4.99. The molecule has 1 N–H and O–H groups in total. The molecule has 0 spiro atoms. The lowest BCUT2D eigenvalue weighted by Gasteiger charge is -2.28. The molecule has 0 aliphatic rings. The molecular formula is C14H25NO. The maximum Gasteiger partial charge on any atom is 0.105 e. The highest BCUT2D eigenvalue weighted by Gasteiger charge is 2.20. The zero-order valence-electron chi connectivity index (χ0n) is 11.2. The van der Waals surface area contributed by atoms with Crippen LogP contribution < -0.4 is 5.32 Å². The van der Waals surface area contributed by atoms with Crippen LogP contribution in [0.15, 0.2) is 22.8 Å². The molecule has 1 aromatic heterocycles. The van der Waals surface area contributed by atoms with E-state index in [9.17, 15) is 0 Å². The molecule has 2 atom stereocenters. The molecule has 0 aliphatic carbocycles. The Hall–Kier alpha value is -0.760. The van der Waals surface area contributed by atoms with Gasteiger partial charge < -0.3 is 9.73 Å². The second-order valence-corrected chi connectivity index (χ2v) is 5.86. The fourth-order valence-electron chi connectivity index (χ4n) is 1.49. The summed E-state index contributed by atoms with van der Waals surface area (Å²) in [4.78, 5) is 0. The minimum Gasteiger partial charge on any atom is -0.469 e. The van der Waals surface area contributed by atoms with Crippen LogP contribution in [0.1, 0.15) is 40.4 Å². The highest BCUT2D eigenvalue weighted by atomic mass is 16.3. The molecule has 0 aromatic carbocycles. The van der Waals surface area contributed by atoms with E-state index < -0.39 is 0 Å². The van der Waals surface area contributed by atoms with Gasteiger partial charge in [0, 0.05) is 12.5 Å². The van der Waals surface area contributed by atoms with Gasteiger partial charge in [0.15, 0.2) is 0 Å². The molecule has 1 heterocycles. The summed E-state index contributed by atoms with van der Waals surface area (Å²) in [7, 11) is 0. The first-order valence-electron chi connectivity index (χ1n) is 6.15. The predicted molar refractivity (Wildman–Crippen MR) is 68.5 cm³/mol. The summed E-state index contributed by atoms with van der Waals surface area (Å²) in [6.07, 6.45) is 2.70. The predicted octanol–water partition coefficient (Wildman–Crippen LogP) is 3.48. The lowest BCUT2D eigenvalue weighted by atomic mass is 9.82. The maximum absolute atomic E-state index is 5.34. The van der Waals surface area contributed by atoms with Crippen molar-refractivity contribution in [2.24, 2.45) is 11.3 Å². The Morgan fingerprint density at radius 3 is 2.50 bits per heavy atom. The van der Waals surface area contributed by atoms with Crippen LogP contribution in [0.4, 0.5) is 0 Å². The number of hydrogen-bond donors (Lipinski definition) is 1. The Bertz CT molecular complexity index is 284. The molecule has 0 fully saturated rings. The summed E-state index contributed by atoms with van der Waals surface area (Å²) in [6.45, 7) is 12.4. The molecule has 0 aliphatic heterocycles. The summed E-state index contributed by atoms with van der Waals surface area (Å²) in [6, 6.07) is 4.45. The lowest BCUT2D eigenvalue weighted by molar-refractivity contribution is 0.245. The van der Waals surface area contributed by atoms with Gasteiger partial charge in [-0.15, -0.1) is 0 Å². The molecular weight excluding hydrogens is 198 g/mol. The van der Waals surface area contributed by atoms with Gasteiger partial charge >= 0.3 is 0 Å². The molecule has 0 amide bonds. The van der Waals surface area contributed by atoms with Gasteiger partial charge in [-0.25, -0.2) is 0 Å². The largest absolute Gasteiger partial charge is 0.469 e. The summed E-state index contributed by atoms with van der Waals surface area (Å²) in [5.74, 6) is 1.73. The highest BCUT2D eigenvalue weighted by Crippen LogP contribution is 2.24. The molecule has 0 radical (unpaired) electrons. The van der Waals surface area contributed by atoms with Gasteiger partial charge in [0.1, 0.15) is 5.76 Å². The van der Waals surface area contributed by atoms with Crippen LogP contribution in [0.25, 0.3) is 0 Å². The van der Waals surface area contributed by atoms with Crippen LogP contribution in [0.2, 0.25) is 0 Å². The van der Waals surface area contributed by atoms with E-state index in [-0.39, 0.29) is 0 Å². The van der Waals surface area contributed by atoms with Crippen molar-refractivity contribution in [3.63, 3.8) is 0 Å². The quantitative estimate of drug-likeness (QED) is 0.826. The van der Waals surface area contributed by atoms with Crippen molar-refractivity contribution in [2.45, 2.75) is 47.1 Å². The molecule has 2 heteroatoms. The Morgan fingerprint density at radius 1 is 1.31 bits per heavy atom. The number of rotatable bonds is 5. The third kappa shape index (κ3) is 4.40. The third-order valence-corrected chi connectivity index (χ3v) is 3.34. The minimum absolute atomic E-state index is 0.372. The molecule has 2 nitrogen and oxygen atoms in total. The monoisotopic (exact) mass is 223 g/mol. The third-order valence-electron chi connectivity index (χ3n) is 3.34. The fourth-order valence-corrected chi connectivity index (χ4v) is 1.49. The van der Waals surface area contributed by atoms with Gasteiger partial charge in [-0.2, -0.15) is 0 Å². The van der Waals surface area contributed by atoms with Crippen LogP contribution in [0, 0.1) is 11.3 Å². The standard InChI is InChI=1S/C14H25NO/c1-11(14(3,4)5)10-15-12(2)9-13-7-6-8-16-13/h6-8,11-12,15H,9-10H2,1-5H3. The van der Waals surface area contributed by atoms with E-state index in [0.29, 0.717) is 17.4 Å². The van der Waals surface area contributed by atoms with Gasteiger partial charge in [-0.3, -0.25) is 0 Å². The average Bonchev–Trinajstić information content (AvgIpc) is 2.65. The molecule has 16 heavy (non-hydrogen) atoms. The SMILES string of the molecule is CC(Cc1ccco1)NCC(C)C(C)(C)C. The van der Waals surface area contributed by atoms with Crippen LogP contribution in [0.3, 0.4) is 0 Å². The Morgan fingerprint density at radius 2 is 2.00 bits per heavy atom. The maximum atomic E-state index is 5.34. The molecule has 0 saturated heterocycles.